The Balaban J connectivity index is 2.13. The summed E-state index contributed by atoms with van der Waals surface area (Å²) in [6, 6.07) is 13.2. The number of hydrogen-bond acceptors (Lipinski definition) is 3. The van der Waals surface area contributed by atoms with Gasteiger partial charge in [0.25, 0.3) is 0 Å². The maximum absolute atomic E-state index is 13.2. The monoisotopic (exact) mass is 355 g/mol. The van der Waals surface area contributed by atoms with Gasteiger partial charge in [0, 0.05) is 11.9 Å². The lowest BCUT2D eigenvalue weighted by molar-refractivity contribution is -0.160. The van der Waals surface area contributed by atoms with Gasteiger partial charge in [0.05, 0.1) is 0 Å². The molecule has 6 nitrogen and oxygen atoms in total. The second kappa shape index (κ2) is 7.15. The Hall–Kier alpha value is -2.89. The first-order valence-corrected chi connectivity index (χ1v) is 8.70. The van der Waals surface area contributed by atoms with Crippen molar-refractivity contribution in [2.45, 2.75) is 37.6 Å². The number of carboxylic acids is 2. The number of carbonyl (C=O) groups excluding carboxylic acids is 1. The standard InChI is InChI=1S/C20H21NO5/c22-17(16(18(23)24)19(25)26)20(11-5-2-6-12-20)21-13-7-10-15(21)14-8-3-1-4-9-14/h1,3-4,7-10,13,16H,2,5-6,11-12H2,(H,23,24)(H,25,26). The molecule has 1 heterocycles. The molecule has 6 heteroatoms. The van der Waals surface area contributed by atoms with Crippen LogP contribution < -0.4 is 0 Å². The van der Waals surface area contributed by atoms with E-state index in [1.54, 1.807) is 10.8 Å². The number of carbonyl (C=O) groups is 3. The number of nitrogens with zero attached hydrogens (tertiary/aromatic N) is 1. The summed E-state index contributed by atoms with van der Waals surface area (Å²) < 4.78 is 1.79. The number of rotatable bonds is 6. The SMILES string of the molecule is O=C(O)C(C(=O)O)C(=O)C1(n2cccc2-c2ccccc2)CCCCC1. The number of ketones is 1. The van der Waals surface area contributed by atoms with Gasteiger partial charge in [-0.25, -0.2) is 0 Å². The van der Waals surface area contributed by atoms with Crippen LogP contribution in [0, 0.1) is 5.92 Å². The largest absolute Gasteiger partial charge is 0.480 e. The van der Waals surface area contributed by atoms with E-state index in [2.05, 4.69) is 0 Å². The highest BCUT2D eigenvalue weighted by atomic mass is 16.4. The summed E-state index contributed by atoms with van der Waals surface area (Å²) in [4.78, 5) is 36.2. The van der Waals surface area contributed by atoms with Gasteiger partial charge in [0.1, 0.15) is 5.54 Å². The summed E-state index contributed by atoms with van der Waals surface area (Å²) in [7, 11) is 0. The molecule has 0 spiro atoms. The maximum atomic E-state index is 13.2. The van der Waals surface area contributed by atoms with E-state index in [-0.39, 0.29) is 0 Å². The molecule has 0 radical (unpaired) electrons. The van der Waals surface area contributed by atoms with Crippen LogP contribution in [0.3, 0.4) is 0 Å². The molecule has 26 heavy (non-hydrogen) atoms. The van der Waals surface area contributed by atoms with Gasteiger partial charge in [-0.1, -0.05) is 49.6 Å². The zero-order valence-corrected chi connectivity index (χ0v) is 14.3. The molecule has 1 aliphatic rings. The quantitative estimate of drug-likeness (QED) is 0.776. The average molecular weight is 355 g/mol. The smallest absolute Gasteiger partial charge is 0.325 e. The van der Waals surface area contributed by atoms with E-state index in [1.807, 2.05) is 42.5 Å². The number of aromatic nitrogens is 1. The van der Waals surface area contributed by atoms with Gasteiger partial charge >= 0.3 is 11.9 Å². The molecule has 0 saturated heterocycles. The van der Waals surface area contributed by atoms with Crippen LogP contribution in [0.4, 0.5) is 0 Å². The molecule has 3 rings (SSSR count). The highest BCUT2D eigenvalue weighted by Crippen LogP contribution is 2.41. The van der Waals surface area contributed by atoms with Crippen molar-refractivity contribution in [2.24, 2.45) is 5.92 Å². The van der Waals surface area contributed by atoms with Crippen molar-refractivity contribution in [1.82, 2.24) is 4.57 Å². The molecule has 0 aliphatic heterocycles. The molecule has 0 atom stereocenters. The van der Waals surface area contributed by atoms with Crippen LogP contribution in [0.2, 0.25) is 0 Å². The number of hydrogen-bond donors (Lipinski definition) is 2. The first-order chi connectivity index (χ1) is 12.5. The Morgan fingerprint density at radius 2 is 1.50 bits per heavy atom. The Kier molecular flexibility index (Phi) is 4.93. The second-order valence-corrected chi connectivity index (χ2v) is 6.70. The minimum Gasteiger partial charge on any atom is -0.480 e. The Morgan fingerprint density at radius 3 is 2.08 bits per heavy atom. The topological polar surface area (TPSA) is 96.6 Å². The third-order valence-corrected chi connectivity index (χ3v) is 5.17. The number of benzene rings is 1. The van der Waals surface area contributed by atoms with Crippen molar-refractivity contribution >= 4 is 17.7 Å². The van der Waals surface area contributed by atoms with Gasteiger partial charge in [-0.3, -0.25) is 14.4 Å². The highest BCUT2D eigenvalue weighted by Gasteiger charge is 2.49. The molecule has 0 amide bonds. The van der Waals surface area contributed by atoms with Crippen molar-refractivity contribution in [2.75, 3.05) is 0 Å². The molecule has 136 valence electrons. The van der Waals surface area contributed by atoms with Gasteiger partial charge in [-0.2, -0.15) is 0 Å². The minimum atomic E-state index is -2.06. The summed E-state index contributed by atoms with van der Waals surface area (Å²) in [5, 5.41) is 18.7. The molecule has 1 fully saturated rings. The molecular formula is C20H21NO5. The first-order valence-electron chi connectivity index (χ1n) is 8.70. The summed E-state index contributed by atoms with van der Waals surface area (Å²) >= 11 is 0. The number of aliphatic carboxylic acids is 2. The zero-order chi connectivity index (χ0) is 18.7. The van der Waals surface area contributed by atoms with Crippen LogP contribution in [0.5, 0.6) is 0 Å². The lowest BCUT2D eigenvalue weighted by Crippen LogP contribution is -2.50. The fourth-order valence-electron chi connectivity index (χ4n) is 3.94. The van der Waals surface area contributed by atoms with Crippen LogP contribution in [0.25, 0.3) is 11.3 Å². The van der Waals surface area contributed by atoms with Crippen molar-refractivity contribution < 1.29 is 24.6 Å². The van der Waals surface area contributed by atoms with Crippen LogP contribution in [-0.2, 0) is 19.9 Å². The molecule has 1 aliphatic carbocycles. The van der Waals surface area contributed by atoms with E-state index in [0.29, 0.717) is 12.8 Å². The predicted molar refractivity (Wildman–Crippen MR) is 94.7 cm³/mol. The molecular weight excluding hydrogens is 334 g/mol. The van der Waals surface area contributed by atoms with E-state index in [4.69, 9.17) is 0 Å². The van der Waals surface area contributed by atoms with Gasteiger partial charge in [0.15, 0.2) is 5.78 Å². The van der Waals surface area contributed by atoms with Crippen molar-refractivity contribution in [3.05, 3.63) is 48.7 Å². The Bertz CT molecular complexity index is 804. The van der Waals surface area contributed by atoms with E-state index in [9.17, 15) is 24.6 Å². The van der Waals surface area contributed by atoms with Gasteiger partial charge in [-0.05, 0) is 30.5 Å². The van der Waals surface area contributed by atoms with Crippen molar-refractivity contribution in [1.29, 1.82) is 0 Å². The highest BCUT2D eigenvalue weighted by molar-refractivity contribution is 6.16. The summed E-state index contributed by atoms with van der Waals surface area (Å²) in [6.07, 6.45) is 5.09. The fourth-order valence-corrected chi connectivity index (χ4v) is 3.94. The lowest BCUT2D eigenvalue weighted by atomic mass is 9.74. The van der Waals surface area contributed by atoms with Crippen LogP contribution in [0.1, 0.15) is 32.1 Å². The van der Waals surface area contributed by atoms with E-state index < -0.39 is 29.2 Å². The maximum Gasteiger partial charge on any atom is 0.325 e. The molecule has 1 saturated carbocycles. The third kappa shape index (κ3) is 3.03. The van der Waals surface area contributed by atoms with Gasteiger partial charge < -0.3 is 14.8 Å². The Morgan fingerprint density at radius 1 is 0.885 bits per heavy atom. The van der Waals surface area contributed by atoms with E-state index in [0.717, 1.165) is 30.5 Å². The average Bonchev–Trinajstić information content (AvgIpc) is 3.12. The normalized spacial score (nSPS) is 16.3. The van der Waals surface area contributed by atoms with Gasteiger partial charge in [-0.15, -0.1) is 0 Å². The van der Waals surface area contributed by atoms with Gasteiger partial charge in [0.2, 0.25) is 5.92 Å². The van der Waals surface area contributed by atoms with E-state index >= 15 is 0 Å². The third-order valence-electron chi connectivity index (χ3n) is 5.17. The molecule has 0 unspecified atom stereocenters. The minimum absolute atomic E-state index is 0.442. The number of Topliss-reactive ketones (excluding diaryl/α,β-unsaturated/α-hetero) is 1. The fraction of sp³-hybridized carbons (Fsp3) is 0.350. The molecule has 2 aromatic rings. The summed E-state index contributed by atoms with van der Waals surface area (Å²) in [6.45, 7) is 0. The van der Waals surface area contributed by atoms with Crippen molar-refractivity contribution in [3.8, 4) is 11.3 Å². The van der Waals surface area contributed by atoms with Crippen LogP contribution in [0.15, 0.2) is 48.7 Å². The molecule has 1 aromatic heterocycles. The summed E-state index contributed by atoms with van der Waals surface area (Å²) in [5.41, 5.74) is 0.543. The van der Waals surface area contributed by atoms with Crippen molar-refractivity contribution in [3.63, 3.8) is 0 Å². The molecule has 1 aromatic carbocycles. The van der Waals surface area contributed by atoms with E-state index in [1.165, 1.54) is 0 Å². The lowest BCUT2D eigenvalue weighted by Gasteiger charge is -2.39. The van der Waals surface area contributed by atoms with Crippen LogP contribution >= 0.6 is 0 Å². The molecule has 2 N–H and O–H groups in total. The molecule has 0 bridgehead atoms. The first kappa shape index (κ1) is 17.9. The predicted octanol–water partition coefficient (Wildman–Crippen LogP) is 3.17. The second-order valence-electron chi connectivity index (χ2n) is 6.70. The zero-order valence-electron chi connectivity index (χ0n) is 14.3. The van der Waals surface area contributed by atoms with Crippen LogP contribution in [-0.4, -0.2) is 32.5 Å². The summed E-state index contributed by atoms with van der Waals surface area (Å²) in [5.74, 6) is -6.02. The number of carboxylic acid groups (broad SMARTS) is 2. The Labute approximate surface area is 151 Å².